The molecule has 0 aliphatic heterocycles. The van der Waals surface area contributed by atoms with Gasteiger partial charge in [0.15, 0.2) is 0 Å². The van der Waals surface area contributed by atoms with Crippen molar-refractivity contribution in [3.8, 4) is 0 Å². The summed E-state index contributed by atoms with van der Waals surface area (Å²) in [6.45, 7) is 0. The zero-order valence-electron chi connectivity index (χ0n) is 12.6. The summed E-state index contributed by atoms with van der Waals surface area (Å²) in [4.78, 5) is 43.1. The van der Waals surface area contributed by atoms with Gasteiger partial charge in [-0.15, -0.1) is 46.4 Å². The third-order valence-corrected chi connectivity index (χ3v) is 2.84. The van der Waals surface area contributed by atoms with E-state index in [1.54, 1.807) is 0 Å². The van der Waals surface area contributed by atoms with Crippen molar-refractivity contribution in [3.63, 3.8) is 0 Å². The maximum absolute atomic E-state index is 8.88. The van der Waals surface area contributed by atoms with E-state index in [4.69, 9.17) is 84.9 Å². The van der Waals surface area contributed by atoms with Crippen LogP contribution in [0.3, 0.4) is 0 Å². The number of halogens is 4. The van der Waals surface area contributed by atoms with Crippen molar-refractivity contribution in [2.45, 2.75) is 25.7 Å². The highest BCUT2D eigenvalue weighted by Gasteiger charge is 2.05. The molecule has 0 aromatic heterocycles. The Bertz CT molecular complexity index is 353. The fourth-order valence-corrected chi connectivity index (χ4v) is 2.33. The van der Waals surface area contributed by atoms with Gasteiger partial charge in [0.2, 0.25) is 0 Å². The molecule has 0 amide bonds. The summed E-state index contributed by atoms with van der Waals surface area (Å²) < 4.78 is 17.8. The third-order valence-electron chi connectivity index (χ3n) is 2.09. The molecule has 0 saturated carbocycles. The van der Waals surface area contributed by atoms with Gasteiger partial charge < -0.3 is 29.4 Å². The molecule has 0 aromatic rings. The highest BCUT2D eigenvalue weighted by molar-refractivity contribution is 7.45. The highest BCUT2D eigenvalue weighted by Crippen LogP contribution is 2.26. The van der Waals surface area contributed by atoms with Crippen molar-refractivity contribution in [1.82, 2.24) is 0 Å². The lowest BCUT2D eigenvalue weighted by atomic mass is 9.99. The van der Waals surface area contributed by atoms with E-state index in [2.05, 4.69) is 0 Å². The zero-order valence-corrected chi connectivity index (χ0v) is 17.4. The molecule has 0 unspecified atom stereocenters. The lowest BCUT2D eigenvalue weighted by Crippen LogP contribution is -1.97. The van der Waals surface area contributed by atoms with Crippen LogP contribution in [-0.4, -0.2) is 52.9 Å². The van der Waals surface area contributed by atoms with Gasteiger partial charge in [-0.3, -0.25) is 0 Å². The lowest BCUT2D eigenvalue weighted by Gasteiger charge is -2.12. The first-order chi connectivity index (χ1) is 10.8. The van der Waals surface area contributed by atoms with Crippen LogP contribution in [0.15, 0.2) is 11.1 Å². The Morgan fingerprint density at radius 1 is 0.542 bits per heavy atom. The van der Waals surface area contributed by atoms with Crippen LogP contribution < -0.4 is 0 Å². The molecule has 8 nitrogen and oxygen atoms in total. The molecule has 0 atom stereocenters. The number of allylic oxidation sites excluding steroid dienone is 2. The predicted octanol–water partition coefficient (Wildman–Crippen LogP) is 2.94. The SMILES string of the molecule is ClCCC(CCCl)=C(CCCl)CCCl.O=P(O)(O)O.O=P(O)(O)O. The van der Waals surface area contributed by atoms with Gasteiger partial charge in [-0.25, -0.2) is 9.13 Å². The molecule has 0 fully saturated rings. The van der Waals surface area contributed by atoms with E-state index >= 15 is 0 Å². The van der Waals surface area contributed by atoms with Crippen molar-refractivity contribution in [1.29, 1.82) is 0 Å². The number of hydrogen-bond acceptors (Lipinski definition) is 2. The Morgan fingerprint density at radius 2 is 0.667 bits per heavy atom. The molecule has 0 heterocycles. The van der Waals surface area contributed by atoms with Gasteiger partial charge in [0.1, 0.15) is 0 Å². The van der Waals surface area contributed by atoms with Crippen LogP contribution in [0.5, 0.6) is 0 Å². The molecular formula is C10H22Cl4O8P2. The maximum atomic E-state index is 8.88. The molecule has 148 valence electrons. The largest absolute Gasteiger partial charge is 0.466 e. The molecule has 0 aromatic carbocycles. The molecule has 0 aliphatic rings. The molecule has 0 radical (unpaired) electrons. The Balaban J connectivity index is -0.000000361. The van der Waals surface area contributed by atoms with Gasteiger partial charge in [0, 0.05) is 23.5 Å². The van der Waals surface area contributed by atoms with Crippen LogP contribution in [0.25, 0.3) is 0 Å². The second-order valence-corrected chi connectivity index (χ2v) is 7.55. The molecule has 0 bridgehead atoms. The highest BCUT2D eigenvalue weighted by atomic mass is 35.5. The first kappa shape index (κ1) is 29.9. The zero-order chi connectivity index (χ0) is 19.8. The summed E-state index contributed by atoms with van der Waals surface area (Å²) in [6.07, 6.45) is 3.60. The van der Waals surface area contributed by atoms with E-state index < -0.39 is 15.6 Å². The van der Waals surface area contributed by atoms with Crippen LogP contribution >= 0.6 is 62.0 Å². The molecule has 0 rings (SSSR count). The average Bonchev–Trinajstić information content (AvgIpc) is 2.34. The normalized spacial score (nSPS) is 10.9. The first-order valence-corrected chi connectivity index (χ1v) is 11.6. The van der Waals surface area contributed by atoms with E-state index in [-0.39, 0.29) is 0 Å². The van der Waals surface area contributed by atoms with Gasteiger partial charge in [-0.1, -0.05) is 11.1 Å². The van der Waals surface area contributed by atoms with Crippen LogP contribution in [-0.2, 0) is 9.13 Å². The molecule has 24 heavy (non-hydrogen) atoms. The van der Waals surface area contributed by atoms with Gasteiger partial charge in [-0.2, -0.15) is 0 Å². The van der Waals surface area contributed by atoms with Crippen molar-refractivity contribution in [2.75, 3.05) is 23.5 Å². The summed E-state index contributed by atoms with van der Waals surface area (Å²) >= 11 is 22.9. The van der Waals surface area contributed by atoms with Gasteiger partial charge in [0.25, 0.3) is 0 Å². The summed E-state index contributed by atoms with van der Waals surface area (Å²) in [7, 11) is -9.28. The van der Waals surface area contributed by atoms with E-state index in [1.807, 2.05) is 0 Å². The average molecular weight is 474 g/mol. The number of phosphoric acid groups is 2. The van der Waals surface area contributed by atoms with Gasteiger partial charge >= 0.3 is 15.6 Å². The van der Waals surface area contributed by atoms with E-state index in [0.717, 1.165) is 25.7 Å². The fourth-order valence-electron chi connectivity index (χ4n) is 1.41. The topological polar surface area (TPSA) is 156 Å². The van der Waals surface area contributed by atoms with Crippen molar-refractivity contribution < 1.29 is 38.5 Å². The van der Waals surface area contributed by atoms with Crippen molar-refractivity contribution in [3.05, 3.63) is 11.1 Å². The van der Waals surface area contributed by atoms with Crippen molar-refractivity contribution >= 4 is 62.0 Å². The molecule has 6 N–H and O–H groups in total. The standard InChI is InChI=1S/C10H16Cl4.2H3O4P/c11-5-1-9(2-6-12)10(3-7-13)4-8-14;2*1-5(2,3)4/h1-8H2;2*(H3,1,2,3,4). The number of hydrogen-bond donors (Lipinski definition) is 6. The Morgan fingerprint density at radius 3 is 0.750 bits per heavy atom. The maximum Gasteiger partial charge on any atom is 0.466 e. The third kappa shape index (κ3) is 38.6. The second kappa shape index (κ2) is 17.5. The minimum absolute atomic E-state index is 0.639. The van der Waals surface area contributed by atoms with Gasteiger partial charge in [-0.05, 0) is 25.7 Å². The summed E-state index contributed by atoms with van der Waals surface area (Å²) in [5.41, 5.74) is 2.69. The molecule has 0 aliphatic carbocycles. The minimum Gasteiger partial charge on any atom is -0.303 e. The van der Waals surface area contributed by atoms with E-state index in [1.165, 1.54) is 11.1 Å². The van der Waals surface area contributed by atoms with Crippen LogP contribution in [0, 0.1) is 0 Å². The number of alkyl halides is 4. The van der Waals surface area contributed by atoms with Gasteiger partial charge in [0.05, 0.1) is 0 Å². The fraction of sp³-hybridized carbons (Fsp3) is 0.800. The van der Waals surface area contributed by atoms with Crippen LogP contribution in [0.2, 0.25) is 0 Å². The number of rotatable bonds is 8. The quantitative estimate of drug-likeness (QED) is 0.178. The summed E-state index contributed by atoms with van der Waals surface area (Å²) in [6, 6.07) is 0. The Kier molecular flexibility index (Phi) is 21.8. The van der Waals surface area contributed by atoms with E-state index in [0.29, 0.717) is 23.5 Å². The summed E-state index contributed by atoms with van der Waals surface area (Å²) in [5.74, 6) is 2.56. The Labute approximate surface area is 160 Å². The molecule has 14 heteroatoms. The second-order valence-electron chi connectivity index (χ2n) is 3.99. The molecule has 0 saturated heterocycles. The molecule has 0 spiro atoms. The Hall–Kier alpha value is 1.12. The molecular weight excluding hydrogens is 452 g/mol. The minimum atomic E-state index is -4.64. The summed E-state index contributed by atoms with van der Waals surface area (Å²) in [5, 5.41) is 0. The predicted molar refractivity (Wildman–Crippen MR) is 96.9 cm³/mol. The van der Waals surface area contributed by atoms with Crippen LogP contribution in [0.1, 0.15) is 25.7 Å². The monoisotopic (exact) mass is 472 g/mol. The lowest BCUT2D eigenvalue weighted by molar-refractivity contribution is 0.272. The van der Waals surface area contributed by atoms with E-state index in [9.17, 15) is 0 Å². The first-order valence-electron chi connectivity index (χ1n) is 6.30. The van der Waals surface area contributed by atoms with Crippen LogP contribution in [0.4, 0.5) is 0 Å². The smallest absolute Gasteiger partial charge is 0.303 e. The van der Waals surface area contributed by atoms with Crippen molar-refractivity contribution in [2.24, 2.45) is 0 Å².